The number of hydrogen-bond acceptors (Lipinski definition) is 3. The Bertz CT molecular complexity index is 370. The number of aliphatic carboxylic acids is 1. The summed E-state index contributed by atoms with van der Waals surface area (Å²) in [6.45, 7) is 1.42. The predicted octanol–water partition coefficient (Wildman–Crippen LogP) is 2.08. The summed E-state index contributed by atoms with van der Waals surface area (Å²) in [5.74, 6) is -1.07. The summed E-state index contributed by atoms with van der Waals surface area (Å²) in [4.78, 5) is 14.6. The first-order valence-corrected chi connectivity index (χ1v) is 4.61. The van der Waals surface area contributed by atoms with Crippen molar-refractivity contribution in [1.82, 2.24) is 0 Å². The van der Waals surface area contributed by atoms with Gasteiger partial charge in [-0.1, -0.05) is 28.9 Å². The van der Waals surface area contributed by atoms with E-state index in [2.05, 4.69) is 9.99 Å². The molecule has 0 heterocycles. The molecule has 1 aromatic carbocycles. The lowest BCUT2D eigenvalue weighted by molar-refractivity contribution is -0.142. The van der Waals surface area contributed by atoms with E-state index in [1.165, 1.54) is 6.21 Å². The molecule has 1 N–H and O–H groups in total. The maximum Gasteiger partial charge on any atom is 0.344 e. The highest BCUT2D eigenvalue weighted by Crippen LogP contribution is 2.17. The van der Waals surface area contributed by atoms with E-state index >= 15 is 0 Å². The standard InChI is InChI=1S/C10H10ClNO3/c1-7-3-2-4-9(11)8(7)5-12-15-6-10(13)14/h2-5H,6H2,1H3,(H,13,14). The van der Waals surface area contributed by atoms with Gasteiger partial charge in [-0.3, -0.25) is 0 Å². The minimum Gasteiger partial charge on any atom is -0.479 e. The van der Waals surface area contributed by atoms with Gasteiger partial charge in [-0.25, -0.2) is 4.79 Å². The number of carboxylic acids is 1. The fourth-order valence-corrected chi connectivity index (χ4v) is 1.26. The van der Waals surface area contributed by atoms with Gasteiger partial charge in [-0.15, -0.1) is 0 Å². The molecule has 1 rings (SSSR count). The molecule has 0 unspecified atom stereocenters. The molecule has 5 heteroatoms. The molecule has 0 aromatic heterocycles. The maximum atomic E-state index is 10.1. The van der Waals surface area contributed by atoms with Crippen molar-refractivity contribution in [2.45, 2.75) is 6.92 Å². The number of aryl methyl sites for hydroxylation is 1. The second-order valence-corrected chi connectivity index (χ2v) is 3.28. The number of carboxylic acid groups (broad SMARTS) is 1. The van der Waals surface area contributed by atoms with Gasteiger partial charge in [0.15, 0.2) is 0 Å². The minimum absolute atomic E-state index is 0.458. The van der Waals surface area contributed by atoms with Gasteiger partial charge >= 0.3 is 5.97 Å². The largest absolute Gasteiger partial charge is 0.479 e. The predicted molar refractivity (Wildman–Crippen MR) is 57.4 cm³/mol. The number of nitrogens with zero attached hydrogens (tertiary/aromatic N) is 1. The van der Waals surface area contributed by atoms with Gasteiger partial charge in [0.25, 0.3) is 0 Å². The SMILES string of the molecule is Cc1cccc(Cl)c1C=NOCC(=O)O. The Balaban J connectivity index is 2.67. The third kappa shape index (κ3) is 3.59. The number of rotatable bonds is 4. The van der Waals surface area contributed by atoms with E-state index in [1.807, 2.05) is 19.1 Å². The summed E-state index contributed by atoms with van der Waals surface area (Å²) in [6.07, 6.45) is 1.40. The average molecular weight is 228 g/mol. The Kier molecular flexibility index (Phi) is 4.12. The molecular weight excluding hydrogens is 218 g/mol. The first-order valence-electron chi connectivity index (χ1n) is 4.23. The second-order valence-electron chi connectivity index (χ2n) is 2.87. The molecule has 0 bridgehead atoms. The van der Waals surface area contributed by atoms with Crippen LogP contribution in [0.2, 0.25) is 5.02 Å². The summed E-state index contributed by atoms with van der Waals surface area (Å²) in [5.41, 5.74) is 1.68. The normalized spacial score (nSPS) is 10.5. The summed E-state index contributed by atoms with van der Waals surface area (Å²) < 4.78 is 0. The van der Waals surface area contributed by atoms with Crippen LogP contribution < -0.4 is 0 Å². The van der Waals surface area contributed by atoms with E-state index in [4.69, 9.17) is 16.7 Å². The van der Waals surface area contributed by atoms with E-state index in [-0.39, 0.29) is 0 Å². The summed E-state index contributed by atoms with van der Waals surface area (Å²) in [6, 6.07) is 5.44. The Morgan fingerprint density at radius 1 is 1.67 bits per heavy atom. The van der Waals surface area contributed by atoms with Crippen LogP contribution in [0.25, 0.3) is 0 Å². The third-order valence-electron chi connectivity index (χ3n) is 1.72. The minimum atomic E-state index is -1.07. The van der Waals surface area contributed by atoms with Crippen molar-refractivity contribution in [3.05, 3.63) is 34.3 Å². The lowest BCUT2D eigenvalue weighted by Gasteiger charge is -2.01. The first kappa shape index (κ1) is 11.5. The van der Waals surface area contributed by atoms with Gasteiger partial charge in [-0.2, -0.15) is 0 Å². The van der Waals surface area contributed by atoms with Crippen LogP contribution in [0.4, 0.5) is 0 Å². The molecule has 0 atom stereocenters. The second kappa shape index (κ2) is 5.36. The van der Waals surface area contributed by atoms with Gasteiger partial charge in [0, 0.05) is 10.6 Å². The van der Waals surface area contributed by atoms with Crippen molar-refractivity contribution in [2.24, 2.45) is 5.16 Å². The Labute approximate surface area is 92.1 Å². The zero-order valence-electron chi connectivity index (χ0n) is 8.11. The number of oxime groups is 1. The molecule has 0 aliphatic rings. The zero-order valence-corrected chi connectivity index (χ0v) is 8.86. The maximum absolute atomic E-state index is 10.1. The topological polar surface area (TPSA) is 58.9 Å². The molecule has 0 saturated heterocycles. The molecule has 0 spiro atoms. The van der Waals surface area contributed by atoms with Crippen molar-refractivity contribution >= 4 is 23.8 Å². The molecule has 0 amide bonds. The zero-order chi connectivity index (χ0) is 11.3. The van der Waals surface area contributed by atoms with Crippen molar-refractivity contribution < 1.29 is 14.7 Å². The van der Waals surface area contributed by atoms with Crippen molar-refractivity contribution in [2.75, 3.05) is 6.61 Å². The smallest absolute Gasteiger partial charge is 0.344 e. The number of halogens is 1. The van der Waals surface area contributed by atoms with Crippen molar-refractivity contribution in [1.29, 1.82) is 0 Å². The highest BCUT2D eigenvalue weighted by Gasteiger charge is 2.00. The highest BCUT2D eigenvalue weighted by atomic mass is 35.5. The number of carbonyl (C=O) groups is 1. The van der Waals surface area contributed by atoms with Crippen LogP contribution in [0, 0.1) is 6.92 Å². The molecule has 80 valence electrons. The molecular formula is C10H10ClNO3. The van der Waals surface area contributed by atoms with Crippen LogP contribution in [0.3, 0.4) is 0 Å². The van der Waals surface area contributed by atoms with Crippen LogP contribution in [0.1, 0.15) is 11.1 Å². The summed E-state index contributed by atoms with van der Waals surface area (Å²) in [7, 11) is 0. The van der Waals surface area contributed by atoms with Crippen LogP contribution in [0.15, 0.2) is 23.4 Å². The molecule has 0 radical (unpaired) electrons. The Morgan fingerprint density at radius 3 is 3.00 bits per heavy atom. The molecule has 0 aliphatic carbocycles. The Morgan fingerprint density at radius 2 is 2.40 bits per heavy atom. The third-order valence-corrected chi connectivity index (χ3v) is 2.04. The van der Waals surface area contributed by atoms with Crippen LogP contribution in [-0.2, 0) is 9.63 Å². The lowest BCUT2D eigenvalue weighted by atomic mass is 10.1. The van der Waals surface area contributed by atoms with E-state index in [1.54, 1.807) is 6.07 Å². The Hall–Kier alpha value is -1.55. The summed E-state index contributed by atoms with van der Waals surface area (Å²) >= 11 is 5.91. The first-order chi connectivity index (χ1) is 7.11. The van der Waals surface area contributed by atoms with Gasteiger partial charge in [0.2, 0.25) is 6.61 Å². The monoisotopic (exact) mass is 227 g/mol. The van der Waals surface area contributed by atoms with E-state index in [0.717, 1.165) is 11.1 Å². The van der Waals surface area contributed by atoms with Crippen LogP contribution >= 0.6 is 11.6 Å². The van der Waals surface area contributed by atoms with Gasteiger partial charge in [0.05, 0.1) is 6.21 Å². The molecule has 1 aromatic rings. The molecule has 4 nitrogen and oxygen atoms in total. The molecule has 15 heavy (non-hydrogen) atoms. The average Bonchev–Trinajstić information content (AvgIpc) is 2.15. The van der Waals surface area contributed by atoms with E-state index in [9.17, 15) is 4.79 Å². The molecule has 0 aliphatic heterocycles. The van der Waals surface area contributed by atoms with Gasteiger partial charge in [-0.05, 0) is 18.6 Å². The molecule has 0 saturated carbocycles. The van der Waals surface area contributed by atoms with Crippen LogP contribution in [-0.4, -0.2) is 23.9 Å². The van der Waals surface area contributed by atoms with Crippen LogP contribution in [0.5, 0.6) is 0 Å². The van der Waals surface area contributed by atoms with Crippen molar-refractivity contribution in [3.8, 4) is 0 Å². The van der Waals surface area contributed by atoms with E-state index in [0.29, 0.717) is 5.02 Å². The van der Waals surface area contributed by atoms with Gasteiger partial charge in [0.1, 0.15) is 0 Å². The summed E-state index contributed by atoms with van der Waals surface area (Å²) in [5, 5.41) is 12.4. The van der Waals surface area contributed by atoms with Crippen molar-refractivity contribution in [3.63, 3.8) is 0 Å². The fourth-order valence-electron chi connectivity index (χ4n) is 0.991. The highest BCUT2D eigenvalue weighted by molar-refractivity contribution is 6.33. The number of hydrogen-bond donors (Lipinski definition) is 1. The quantitative estimate of drug-likeness (QED) is 0.633. The lowest BCUT2D eigenvalue weighted by Crippen LogP contribution is -2.03. The van der Waals surface area contributed by atoms with E-state index < -0.39 is 12.6 Å². The van der Waals surface area contributed by atoms with Gasteiger partial charge < -0.3 is 9.94 Å². The molecule has 0 fully saturated rings. The number of benzene rings is 1. The fraction of sp³-hybridized carbons (Fsp3) is 0.200.